The quantitative estimate of drug-likeness (QED) is 0.746. The van der Waals surface area contributed by atoms with E-state index in [1.165, 1.54) is 0 Å². The monoisotopic (exact) mass is 304 g/mol. The van der Waals surface area contributed by atoms with Crippen molar-refractivity contribution in [2.45, 2.75) is 6.61 Å². The third-order valence-electron chi connectivity index (χ3n) is 2.36. The number of rotatable bonds is 3. The predicted molar refractivity (Wildman–Crippen MR) is 69.3 cm³/mol. The minimum Gasteiger partial charge on any atom is -0.484 e. The molecule has 0 aliphatic rings. The largest absolute Gasteiger partial charge is 0.484 e. The summed E-state index contributed by atoms with van der Waals surface area (Å²) in [7, 11) is 0. The number of fused-ring (bicyclic) bond motifs is 1. The average Bonchev–Trinajstić information content (AvgIpc) is 2.82. The molecule has 0 unspecified atom stereocenters. The molecule has 0 atom stereocenters. The van der Waals surface area contributed by atoms with Gasteiger partial charge in [-0.3, -0.25) is 4.98 Å². The van der Waals surface area contributed by atoms with E-state index >= 15 is 0 Å². The average molecular weight is 305 g/mol. The van der Waals surface area contributed by atoms with Gasteiger partial charge < -0.3 is 4.74 Å². The van der Waals surface area contributed by atoms with Crippen molar-refractivity contribution in [2.24, 2.45) is 0 Å². The molecule has 0 aliphatic heterocycles. The van der Waals surface area contributed by atoms with Crippen LogP contribution in [0.5, 0.6) is 5.75 Å². The minimum atomic E-state index is 0.319. The summed E-state index contributed by atoms with van der Waals surface area (Å²) in [6, 6.07) is 7.50. The molecule has 18 heavy (non-hydrogen) atoms. The smallest absolute Gasteiger partial charge is 0.189 e. The molecule has 3 rings (SSSR count). The van der Waals surface area contributed by atoms with E-state index in [1.807, 2.05) is 30.5 Å². The van der Waals surface area contributed by atoms with Crippen LogP contribution in [0.25, 0.3) is 5.65 Å². The summed E-state index contributed by atoms with van der Waals surface area (Å²) in [4.78, 5) is 8.36. The molecule has 0 saturated heterocycles. The van der Waals surface area contributed by atoms with Gasteiger partial charge in [0.1, 0.15) is 12.4 Å². The first kappa shape index (κ1) is 11.2. The van der Waals surface area contributed by atoms with E-state index in [4.69, 9.17) is 4.74 Å². The second kappa shape index (κ2) is 4.73. The summed E-state index contributed by atoms with van der Waals surface area (Å²) in [6.45, 7) is 0.319. The molecule has 0 saturated carbocycles. The normalized spacial score (nSPS) is 10.7. The number of nitrogens with zero attached hydrogens (tertiary/aromatic N) is 4. The van der Waals surface area contributed by atoms with Crippen LogP contribution in [-0.2, 0) is 6.61 Å². The maximum Gasteiger partial charge on any atom is 0.189 e. The summed E-state index contributed by atoms with van der Waals surface area (Å²) < 4.78 is 8.17. The Morgan fingerprint density at radius 2 is 2.22 bits per heavy atom. The topological polar surface area (TPSA) is 52.3 Å². The van der Waals surface area contributed by atoms with Gasteiger partial charge >= 0.3 is 0 Å². The lowest BCUT2D eigenvalue weighted by atomic mass is 10.5. The van der Waals surface area contributed by atoms with Crippen molar-refractivity contribution in [3.05, 3.63) is 53.2 Å². The van der Waals surface area contributed by atoms with Crippen LogP contribution in [0.2, 0.25) is 0 Å². The first-order valence-electron chi connectivity index (χ1n) is 5.35. The standard InChI is InChI=1S/C12H9BrN4O/c13-10-4-2-6-17-12(10)15-11(16-17)8-18-9-3-1-5-14-7-9/h1-7H,8H2. The van der Waals surface area contributed by atoms with Gasteiger partial charge in [-0.15, -0.1) is 5.10 Å². The molecule has 3 aromatic heterocycles. The Bertz CT molecular complexity index is 668. The van der Waals surface area contributed by atoms with E-state index in [0.29, 0.717) is 18.2 Å². The molecule has 90 valence electrons. The zero-order chi connectivity index (χ0) is 12.4. The Morgan fingerprint density at radius 3 is 3.00 bits per heavy atom. The third-order valence-corrected chi connectivity index (χ3v) is 2.98. The molecule has 5 nitrogen and oxygen atoms in total. The predicted octanol–water partition coefficient (Wildman–Crippen LogP) is 2.47. The molecular formula is C12H9BrN4O. The molecule has 0 bridgehead atoms. The van der Waals surface area contributed by atoms with Gasteiger partial charge in [-0.2, -0.15) is 0 Å². The van der Waals surface area contributed by atoms with Crippen molar-refractivity contribution in [2.75, 3.05) is 0 Å². The van der Waals surface area contributed by atoms with Gasteiger partial charge in [-0.05, 0) is 40.2 Å². The molecule has 0 aliphatic carbocycles. The van der Waals surface area contributed by atoms with Gasteiger partial charge in [0, 0.05) is 12.4 Å². The maximum absolute atomic E-state index is 5.55. The zero-order valence-corrected chi connectivity index (χ0v) is 10.9. The highest BCUT2D eigenvalue weighted by molar-refractivity contribution is 9.10. The summed E-state index contributed by atoms with van der Waals surface area (Å²) in [5.74, 6) is 1.33. The van der Waals surface area contributed by atoms with Crippen molar-refractivity contribution in [3.8, 4) is 5.75 Å². The summed E-state index contributed by atoms with van der Waals surface area (Å²) in [6.07, 6.45) is 5.21. The Kier molecular flexibility index (Phi) is 2.93. The molecule has 0 radical (unpaired) electrons. The van der Waals surface area contributed by atoms with Crippen molar-refractivity contribution < 1.29 is 4.74 Å². The van der Waals surface area contributed by atoms with Crippen molar-refractivity contribution in [3.63, 3.8) is 0 Å². The third kappa shape index (κ3) is 2.19. The lowest BCUT2D eigenvalue weighted by Gasteiger charge is -2.00. The molecule has 3 aromatic rings. The molecule has 0 amide bonds. The van der Waals surface area contributed by atoms with Crippen molar-refractivity contribution >= 4 is 21.6 Å². The van der Waals surface area contributed by atoms with Crippen LogP contribution in [0.15, 0.2) is 47.3 Å². The van der Waals surface area contributed by atoms with Gasteiger partial charge in [0.25, 0.3) is 0 Å². The Hall–Kier alpha value is -1.95. The number of pyridine rings is 2. The molecule has 6 heteroatoms. The van der Waals surface area contributed by atoms with Gasteiger partial charge in [0.15, 0.2) is 11.5 Å². The van der Waals surface area contributed by atoms with E-state index in [2.05, 4.69) is 31.0 Å². The number of halogens is 1. The molecule has 0 fully saturated rings. The first-order chi connectivity index (χ1) is 8.83. The van der Waals surface area contributed by atoms with Crippen LogP contribution in [0.4, 0.5) is 0 Å². The fraction of sp³-hybridized carbons (Fsp3) is 0.0833. The Morgan fingerprint density at radius 1 is 1.28 bits per heavy atom. The molecule has 3 heterocycles. The van der Waals surface area contributed by atoms with Gasteiger partial charge in [-0.25, -0.2) is 9.50 Å². The molecule has 0 spiro atoms. The van der Waals surface area contributed by atoms with Crippen molar-refractivity contribution in [1.29, 1.82) is 0 Å². The van der Waals surface area contributed by atoms with Crippen molar-refractivity contribution in [1.82, 2.24) is 19.6 Å². The van der Waals surface area contributed by atoms with Gasteiger partial charge in [-0.1, -0.05) is 0 Å². The summed E-state index contributed by atoms with van der Waals surface area (Å²) in [5.41, 5.74) is 0.780. The van der Waals surface area contributed by atoms with Crippen LogP contribution in [0, 0.1) is 0 Å². The number of hydrogen-bond acceptors (Lipinski definition) is 4. The van der Waals surface area contributed by atoms with Crippen LogP contribution in [0.1, 0.15) is 5.82 Å². The number of aromatic nitrogens is 4. The van der Waals surface area contributed by atoms with Crippen LogP contribution in [-0.4, -0.2) is 19.6 Å². The Balaban J connectivity index is 1.81. The molecule has 0 aromatic carbocycles. The zero-order valence-electron chi connectivity index (χ0n) is 9.32. The van der Waals surface area contributed by atoms with E-state index in [9.17, 15) is 0 Å². The van der Waals surface area contributed by atoms with Crippen LogP contribution < -0.4 is 4.74 Å². The molecular weight excluding hydrogens is 296 g/mol. The van der Waals surface area contributed by atoms with E-state index in [-0.39, 0.29) is 0 Å². The SMILES string of the molecule is Brc1cccn2nc(COc3cccnc3)nc12. The number of ether oxygens (including phenoxy) is 1. The summed E-state index contributed by atoms with van der Waals surface area (Å²) >= 11 is 3.43. The van der Waals surface area contributed by atoms with E-state index in [0.717, 1.165) is 10.1 Å². The highest BCUT2D eigenvalue weighted by atomic mass is 79.9. The second-order valence-electron chi connectivity index (χ2n) is 3.63. The maximum atomic E-state index is 5.55. The highest BCUT2D eigenvalue weighted by Gasteiger charge is 2.06. The first-order valence-corrected chi connectivity index (χ1v) is 6.15. The number of hydrogen-bond donors (Lipinski definition) is 0. The van der Waals surface area contributed by atoms with Crippen LogP contribution in [0.3, 0.4) is 0 Å². The highest BCUT2D eigenvalue weighted by Crippen LogP contribution is 2.16. The van der Waals surface area contributed by atoms with Gasteiger partial charge in [0.2, 0.25) is 0 Å². The Labute approximate surface area is 112 Å². The lowest BCUT2D eigenvalue weighted by molar-refractivity contribution is 0.295. The summed E-state index contributed by atoms with van der Waals surface area (Å²) in [5, 5.41) is 4.32. The van der Waals surface area contributed by atoms with Gasteiger partial charge in [0.05, 0.1) is 10.7 Å². The minimum absolute atomic E-state index is 0.319. The second-order valence-corrected chi connectivity index (χ2v) is 4.48. The fourth-order valence-electron chi connectivity index (χ4n) is 1.56. The van der Waals surface area contributed by atoms with E-state index < -0.39 is 0 Å². The van der Waals surface area contributed by atoms with Crippen LogP contribution >= 0.6 is 15.9 Å². The fourth-order valence-corrected chi connectivity index (χ4v) is 1.98. The lowest BCUT2D eigenvalue weighted by Crippen LogP contribution is -1.98. The van der Waals surface area contributed by atoms with E-state index in [1.54, 1.807) is 16.9 Å². The molecule has 0 N–H and O–H groups in total.